The van der Waals surface area contributed by atoms with E-state index < -0.39 is 29.6 Å². The topological polar surface area (TPSA) is 114 Å². The van der Waals surface area contributed by atoms with Crippen molar-refractivity contribution in [2.24, 2.45) is 5.92 Å². The number of carbonyl (C=O) groups excluding carboxylic acids is 2. The zero-order chi connectivity index (χ0) is 24.9. The van der Waals surface area contributed by atoms with E-state index in [2.05, 4.69) is 22.8 Å². The van der Waals surface area contributed by atoms with Crippen molar-refractivity contribution in [2.45, 2.75) is 44.7 Å². The maximum absolute atomic E-state index is 12.6. The molecule has 8 nitrogen and oxygen atoms in total. The highest BCUT2D eigenvalue weighted by Crippen LogP contribution is 2.44. The summed E-state index contributed by atoms with van der Waals surface area (Å²) in [6.45, 7) is 5.10. The minimum Gasteiger partial charge on any atom is -0.479 e. The van der Waals surface area contributed by atoms with Crippen LogP contribution in [0.4, 0.5) is 4.79 Å². The van der Waals surface area contributed by atoms with Crippen LogP contribution in [0.3, 0.4) is 0 Å². The van der Waals surface area contributed by atoms with Crippen LogP contribution in [0.5, 0.6) is 0 Å². The van der Waals surface area contributed by atoms with Gasteiger partial charge in [0.1, 0.15) is 6.61 Å². The Bertz CT molecular complexity index is 1010. The molecule has 1 aliphatic rings. The summed E-state index contributed by atoms with van der Waals surface area (Å²) in [5, 5.41) is 14.7. The highest BCUT2D eigenvalue weighted by Gasteiger charge is 2.36. The molecule has 1 aliphatic carbocycles. The van der Waals surface area contributed by atoms with Crippen LogP contribution in [0.1, 0.15) is 44.2 Å². The van der Waals surface area contributed by atoms with Gasteiger partial charge in [-0.15, -0.1) is 0 Å². The molecule has 2 aromatic carbocycles. The third-order valence-electron chi connectivity index (χ3n) is 6.18. The second-order valence-corrected chi connectivity index (χ2v) is 9.14. The molecule has 182 valence electrons. The third-order valence-corrected chi connectivity index (χ3v) is 6.18. The summed E-state index contributed by atoms with van der Waals surface area (Å²) < 4.78 is 10.5. The molecule has 2 aromatic rings. The fraction of sp³-hybridized carbons (Fsp3) is 0.423. The predicted molar refractivity (Wildman–Crippen MR) is 128 cm³/mol. The monoisotopic (exact) mass is 468 g/mol. The maximum Gasteiger partial charge on any atom is 0.407 e. The Hall–Kier alpha value is -3.39. The Labute approximate surface area is 199 Å². The number of carboxylic acid groups (broad SMARTS) is 1. The lowest BCUT2D eigenvalue weighted by molar-refractivity contribution is -0.149. The molecule has 2 atom stereocenters. The molecule has 0 saturated carbocycles. The minimum atomic E-state index is -1.56. The number of carbonyl (C=O) groups is 3. The summed E-state index contributed by atoms with van der Waals surface area (Å²) in [5.74, 6) is -1.85. The lowest BCUT2D eigenvalue weighted by atomic mass is 9.98. The number of fused-ring (bicyclic) bond motifs is 3. The standard InChI is InChI=1S/C26H32N2O6/c1-16(2)22(13-23(29)28-26(3,15-33-4)24(30)31)27-25(32)34-14-21-19-11-7-5-9-17(19)18-10-6-8-12-20(18)21/h5-12,16,21-22H,13-15H2,1-4H3,(H,27,32)(H,28,29)(H,30,31)/t22-,26?/m1/s1. The van der Waals surface area contributed by atoms with Crippen molar-refractivity contribution in [3.05, 3.63) is 59.7 Å². The van der Waals surface area contributed by atoms with Crippen LogP contribution < -0.4 is 10.6 Å². The predicted octanol–water partition coefficient (Wildman–Crippen LogP) is 3.55. The van der Waals surface area contributed by atoms with E-state index in [1.807, 2.05) is 50.2 Å². The molecule has 8 heteroatoms. The summed E-state index contributed by atoms with van der Waals surface area (Å²) in [6, 6.07) is 15.6. The quantitative estimate of drug-likeness (QED) is 0.491. The number of nitrogens with one attached hydrogen (secondary N) is 2. The van der Waals surface area contributed by atoms with E-state index in [9.17, 15) is 19.5 Å². The average Bonchev–Trinajstić information content (AvgIpc) is 3.11. The van der Waals surface area contributed by atoms with Crippen LogP contribution in [0.25, 0.3) is 11.1 Å². The Kier molecular flexibility index (Phi) is 7.94. The van der Waals surface area contributed by atoms with E-state index in [1.165, 1.54) is 14.0 Å². The maximum atomic E-state index is 12.6. The number of benzene rings is 2. The van der Waals surface area contributed by atoms with E-state index in [0.29, 0.717) is 0 Å². The van der Waals surface area contributed by atoms with Gasteiger partial charge in [-0.25, -0.2) is 9.59 Å². The van der Waals surface area contributed by atoms with Crippen molar-refractivity contribution < 1.29 is 29.0 Å². The Morgan fingerprint density at radius 1 is 1.03 bits per heavy atom. The molecule has 0 spiro atoms. The number of carboxylic acids is 1. The fourth-order valence-electron chi connectivity index (χ4n) is 4.24. The largest absolute Gasteiger partial charge is 0.479 e. The van der Waals surface area contributed by atoms with Gasteiger partial charge in [0.25, 0.3) is 0 Å². The van der Waals surface area contributed by atoms with E-state index >= 15 is 0 Å². The molecule has 0 aliphatic heterocycles. The number of methoxy groups -OCH3 is 1. The molecule has 0 saturated heterocycles. The second kappa shape index (κ2) is 10.7. The number of rotatable bonds is 10. The molecular formula is C26H32N2O6. The van der Waals surface area contributed by atoms with Gasteiger partial charge in [0.05, 0.1) is 6.61 Å². The summed E-state index contributed by atoms with van der Waals surface area (Å²) in [7, 11) is 1.36. The lowest BCUT2D eigenvalue weighted by Crippen LogP contribution is -2.56. The van der Waals surface area contributed by atoms with Crippen LogP contribution in [0.15, 0.2) is 48.5 Å². The molecular weight excluding hydrogens is 436 g/mol. The van der Waals surface area contributed by atoms with Gasteiger partial charge in [-0.05, 0) is 35.1 Å². The Morgan fingerprint density at radius 2 is 1.59 bits per heavy atom. The van der Waals surface area contributed by atoms with Gasteiger partial charge in [-0.1, -0.05) is 62.4 Å². The average molecular weight is 469 g/mol. The molecule has 2 amide bonds. The molecule has 0 radical (unpaired) electrons. The second-order valence-electron chi connectivity index (χ2n) is 9.14. The van der Waals surface area contributed by atoms with E-state index in [4.69, 9.17) is 9.47 Å². The van der Waals surface area contributed by atoms with E-state index in [0.717, 1.165) is 22.3 Å². The molecule has 0 fully saturated rings. The third kappa shape index (κ3) is 5.56. The van der Waals surface area contributed by atoms with Crippen LogP contribution in [-0.2, 0) is 19.1 Å². The number of hydrogen-bond acceptors (Lipinski definition) is 5. The van der Waals surface area contributed by atoms with Crippen LogP contribution in [0.2, 0.25) is 0 Å². The smallest absolute Gasteiger partial charge is 0.407 e. The first-order valence-corrected chi connectivity index (χ1v) is 11.3. The van der Waals surface area contributed by atoms with Gasteiger partial charge >= 0.3 is 12.1 Å². The van der Waals surface area contributed by atoms with Gasteiger partial charge in [-0.2, -0.15) is 0 Å². The molecule has 3 N–H and O–H groups in total. The number of alkyl carbamates (subject to hydrolysis) is 1. The van der Waals surface area contributed by atoms with Gasteiger partial charge in [0, 0.05) is 25.5 Å². The normalized spacial score (nSPS) is 15.1. The number of hydrogen-bond donors (Lipinski definition) is 3. The highest BCUT2D eigenvalue weighted by molar-refractivity contribution is 5.87. The molecule has 0 bridgehead atoms. The molecule has 1 unspecified atom stereocenters. The molecule has 0 heterocycles. The first kappa shape index (κ1) is 25.2. The molecule has 0 aromatic heterocycles. The molecule has 34 heavy (non-hydrogen) atoms. The number of amides is 2. The number of aliphatic carboxylic acids is 1. The van der Waals surface area contributed by atoms with E-state index in [1.54, 1.807) is 0 Å². The van der Waals surface area contributed by atoms with Crippen molar-refractivity contribution in [1.82, 2.24) is 10.6 Å². The molecule has 3 rings (SSSR count). The van der Waals surface area contributed by atoms with Crippen molar-refractivity contribution in [1.29, 1.82) is 0 Å². The Morgan fingerprint density at radius 3 is 2.09 bits per heavy atom. The van der Waals surface area contributed by atoms with Crippen LogP contribution >= 0.6 is 0 Å². The first-order chi connectivity index (χ1) is 16.2. The Balaban J connectivity index is 1.62. The highest BCUT2D eigenvalue weighted by atomic mass is 16.5. The van der Waals surface area contributed by atoms with E-state index in [-0.39, 0.29) is 31.5 Å². The van der Waals surface area contributed by atoms with Gasteiger partial charge in [0.2, 0.25) is 5.91 Å². The lowest BCUT2D eigenvalue weighted by Gasteiger charge is -2.27. The zero-order valence-corrected chi connectivity index (χ0v) is 20.0. The summed E-state index contributed by atoms with van der Waals surface area (Å²) in [5.41, 5.74) is 2.95. The van der Waals surface area contributed by atoms with Crippen molar-refractivity contribution in [3.63, 3.8) is 0 Å². The van der Waals surface area contributed by atoms with Gasteiger partial charge < -0.3 is 25.2 Å². The van der Waals surface area contributed by atoms with Gasteiger partial charge in [0.15, 0.2) is 5.54 Å². The summed E-state index contributed by atoms with van der Waals surface area (Å²) in [4.78, 5) is 36.7. The number of ether oxygens (including phenoxy) is 2. The SMILES string of the molecule is COCC(C)(NC(=O)C[C@@H](NC(=O)OCC1c2ccccc2-c2ccccc21)C(C)C)C(=O)O. The van der Waals surface area contributed by atoms with Crippen molar-refractivity contribution in [3.8, 4) is 11.1 Å². The first-order valence-electron chi connectivity index (χ1n) is 11.3. The van der Waals surface area contributed by atoms with Gasteiger partial charge in [-0.3, -0.25) is 4.79 Å². The van der Waals surface area contributed by atoms with Crippen molar-refractivity contribution in [2.75, 3.05) is 20.3 Å². The minimum absolute atomic E-state index is 0.0655. The summed E-state index contributed by atoms with van der Waals surface area (Å²) >= 11 is 0. The summed E-state index contributed by atoms with van der Waals surface area (Å²) in [6.07, 6.45) is -0.708. The van der Waals surface area contributed by atoms with Crippen LogP contribution in [-0.4, -0.2) is 55.0 Å². The zero-order valence-electron chi connectivity index (χ0n) is 20.0. The fourth-order valence-corrected chi connectivity index (χ4v) is 4.24. The van der Waals surface area contributed by atoms with Crippen molar-refractivity contribution >= 4 is 18.0 Å². The van der Waals surface area contributed by atoms with Crippen LogP contribution in [0, 0.1) is 5.92 Å².